The third kappa shape index (κ3) is 4.78. The molecular weight excluding hydrogens is 241 g/mol. The van der Waals surface area contributed by atoms with Crippen molar-refractivity contribution in [2.24, 2.45) is 0 Å². The zero-order valence-electron chi connectivity index (χ0n) is 12.0. The van der Waals surface area contributed by atoms with Crippen LogP contribution in [0.15, 0.2) is 30.3 Å². The Morgan fingerprint density at radius 2 is 1.83 bits per heavy atom. The minimum Gasteiger partial charge on any atom is -0.349 e. The van der Waals surface area contributed by atoms with E-state index >= 15 is 0 Å². The first kappa shape index (κ1) is 15.2. The number of benzene rings is 1. The summed E-state index contributed by atoms with van der Waals surface area (Å²) in [6.07, 6.45) is 0.649. The third-order valence-electron chi connectivity index (χ3n) is 3.20. The zero-order chi connectivity index (χ0) is 13.8. The van der Waals surface area contributed by atoms with Crippen LogP contribution in [-0.4, -0.2) is 23.9 Å². The Bertz CT molecular complexity index is 383. The molecule has 2 nitrogen and oxygen atoms in total. The topological polar surface area (TPSA) is 29.1 Å². The van der Waals surface area contributed by atoms with E-state index in [1.165, 1.54) is 0 Å². The smallest absolute Gasteiger partial charge is 0.224 e. The summed E-state index contributed by atoms with van der Waals surface area (Å²) in [6, 6.07) is 10.2. The molecule has 2 atom stereocenters. The van der Waals surface area contributed by atoms with Crippen molar-refractivity contribution in [2.45, 2.75) is 38.9 Å². The van der Waals surface area contributed by atoms with Gasteiger partial charge in [-0.1, -0.05) is 59.0 Å². The van der Waals surface area contributed by atoms with Gasteiger partial charge in [-0.3, -0.25) is 4.79 Å². The van der Waals surface area contributed by atoms with Crippen LogP contribution in [0, 0.1) is 0 Å². The molecule has 0 spiro atoms. The van der Waals surface area contributed by atoms with Crippen LogP contribution >= 0.6 is 7.92 Å². The lowest BCUT2D eigenvalue weighted by Crippen LogP contribution is -2.30. The molecule has 0 aliphatic rings. The van der Waals surface area contributed by atoms with Gasteiger partial charge in [-0.2, -0.15) is 0 Å². The van der Waals surface area contributed by atoms with Gasteiger partial charge in [0.15, 0.2) is 0 Å². The normalized spacial score (nSPS) is 14.9. The van der Waals surface area contributed by atoms with E-state index < -0.39 is 0 Å². The number of nitrogens with one attached hydrogen (secondary N) is 1. The molecular formula is C15H24NOP. The van der Waals surface area contributed by atoms with Crippen molar-refractivity contribution < 1.29 is 4.79 Å². The van der Waals surface area contributed by atoms with E-state index in [1.54, 1.807) is 0 Å². The van der Waals surface area contributed by atoms with Gasteiger partial charge >= 0.3 is 0 Å². The van der Waals surface area contributed by atoms with E-state index in [4.69, 9.17) is 0 Å². The van der Waals surface area contributed by atoms with Crippen LogP contribution in [0.1, 0.15) is 39.3 Å². The summed E-state index contributed by atoms with van der Waals surface area (Å²) in [5.74, 6) is 0.162. The van der Waals surface area contributed by atoms with Crippen molar-refractivity contribution in [1.82, 2.24) is 5.32 Å². The molecule has 1 aromatic rings. The summed E-state index contributed by atoms with van der Waals surface area (Å²) in [5, 5.41) is 3.32. The van der Waals surface area contributed by atoms with Gasteiger partial charge in [-0.15, -0.1) is 0 Å². The fraction of sp³-hybridized carbons (Fsp3) is 0.533. The summed E-state index contributed by atoms with van der Waals surface area (Å²) in [5.41, 5.74) is 1.15. The molecule has 1 amide bonds. The van der Waals surface area contributed by atoms with Gasteiger partial charge in [0.2, 0.25) is 5.91 Å². The third-order valence-corrected chi connectivity index (χ3v) is 6.25. The molecule has 1 aromatic carbocycles. The van der Waals surface area contributed by atoms with Gasteiger partial charge in [-0.25, -0.2) is 0 Å². The number of carbonyl (C=O) groups is 1. The number of amides is 1. The van der Waals surface area contributed by atoms with Crippen LogP contribution < -0.4 is 5.32 Å². The molecule has 0 radical (unpaired) electrons. The van der Waals surface area contributed by atoms with E-state index in [2.05, 4.69) is 32.8 Å². The molecule has 1 N–H and O–H groups in total. The van der Waals surface area contributed by atoms with Crippen molar-refractivity contribution in [3.63, 3.8) is 0 Å². The lowest BCUT2D eigenvalue weighted by molar-refractivity contribution is -0.119. The van der Waals surface area contributed by atoms with Crippen LogP contribution in [-0.2, 0) is 4.79 Å². The molecule has 0 aromatic heterocycles. The number of rotatable bonds is 4. The summed E-state index contributed by atoms with van der Waals surface area (Å²) >= 11 is 0. The highest BCUT2D eigenvalue weighted by Crippen LogP contribution is 2.45. The Balaban J connectivity index is 2.51. The molecule has 100 valence electrons. The molecule has 0 aliphatic carbocycles. The maximum atomic E-state index is 12.0. The molecule has 0 saturated carbocycles. The van der Waals surface area contributed by atoms with Crippen LogP contribution in [0.2, 0.25) is 0 Å². The van der Waals surface area contributed by atoms with E-state index in [-0.39, 0.29) is 25.0 Å². The van der Waals surface area contributed by atoms with Gasteiger partial charge in [0.05, 0.1) is 6.04 Å². The van der Waals surface area contributed by atoms with Crippen LogP contribution in [0.4, 0.5) is 0 Å². The van der Waals surface area contributed by atoms with Crippen LogP contribution in [0.5, 0.6) is 0 Å². The summed E-state index contributed by atoms with van der Waals surface area (Å²) in [6.45, 7) is 10.8. The maximum Gasteiger partial charge on any atom is 0.224 e. The van der Waals surface area contributed by atoms with Gasteiger partial charge < -0.3 is 5.32 Å². The highest BCUT2D eigenvalue weighted by atomic mass is 31.1. The molecule has 1 unspecified atom stereocenters. The molecule has 0 aliphatic heterocycles. The van der Waals surface area contributed by atoms with E-state index in [1.807, 2.05) is 37.3 Å². The van der Waals surface area contributed by atoms with Crippen molar-refractivity contribution in [1.29, 1.82) is 0 Å². The summed E-state index contributed by atoms with van der Waals surface area (Å²) < 4.78 is 0. The SMILES string of the molecule is C[C@@H](NC(=O)CP(C)C(C)(C)C)c1ccccc1. The average Bonchev–Trinajstić information content (AvgIpc) is 2.28. The van der Waals surface area contributed by atoms with Crippen molar-refractivity contribution in [3.05, 3.63) is 35.9 Å². The second kappa shape index (κ2) is 6.33. The lowest BCUT2D eigenvalue weighted by atomic mass is 10.1. The Kier molecular flexibility index (Phi) is 5.34. The highest BCUT2D eigenvalue weighted by molar-refractivity contribution is 7.59. The number of hydrogen-bond donors (Lipinski definition) is 1. The molecule has 18 heavy (non-hydrogen) atoms. The summed E-state index contributed by atoms with van der Waals surface area (Å²) in [7, 11) is -0.273. The van der Waals surface area contributed by atoms with E-state index in [0.29, 0.717) is 6.16 Å². The quantitative estimate of drug-likeness (QED) is 0.825. The first-order valence-corrected chi connectivity index (χ1v) is 8.33. The number of hydrogen-bond acceptors (Lipinski definition) is 1. The Morgan fingerprint density at radius 1 is 1.28 bits per heavy atom. The summed E-state index contributed by atoms with van der Waals surface area (Å²) in [4.78, 5) is 12.0. The van der Waals surface area contributed by atoms with E-state index in [0.717, 1.165) is 5.56 Å². The van der Waals surface area contributed by atoms with Gasteiger partial charge in [-0.05, 0) is 24.3 Å². The largest absolute Gasteiger partial charge is 0.349 e. The Hall–Kier alpha value is -0.880. The first-order valence-electron chi connectivity index (χ1n) is 6.36. The lowest BCUT2D eigenvalue weighted by Gasteiger charge is -2.28. The molecule has 1 rings (SSSR count). The maximum absolute atomic E-state index is 12.0. The average molecular weight is 265 g/mol. The minimum absolute atomic E-state index is 0.0852. The van der Waals surface area contributed by atoms with Crippen molar-refractivity contribution in [3.8, 4) is 0 Å². The van der Waals surface area contributed by atoms with Crippen molar-refractivity contribution >= 4 is 13.8 Å². The Labute approximate surface area is 112 Å². The standard InChI is InChI=1S/C15H24NOP/c1-12(13-9-7-6-8-10-13)16-14(17)11-18(5)15(2,3)4/h6-10,12H,11H2,1-5H3,(H,16,17)/t12-,18?/m1/s1. The fourth-order valence-corrected chi connectivity index (χ4v) is 2.56. The predicted octanol–water partition coefficient (Wildman–Crippen LogP) is 3.77. The molecule has 0 saturated heterocycles. The van der Waals surface area contributed by atoms with Gasteiger partial charge in [0.1, 0.15) is 0 Å². The van der Waals surface area contributed by atoms with Crippen LogP contribution in [0.25, 0.3) is 0 Å². The predicted molar refractivity (Wildman–Crippen MR) is 80.5 cm³/mol. The zero-order valence-corrected chi connectivity index (χ0v) is 12.9. The molecule has 0 heterocycles. The second-order valence-electron chi connectivity index (χ2n) is 5.73. The first-order chi connectivity index (χ1) is 8.30. The monoisotopic (exact) mass is 265 g/mol. The van der Waals surface area contributed by atoms with Crippen LogP contribution in [0.3, 0.4) is 0 Å². The Morgan fingerprint density at radius 3 is 2.33 bits per heavy atom. The highest BCUT2D eigenvalue weighted by Gasteiger charge is 2.22. The second-order valence-corrected chi connectivity index (χ2v) is 8.78. The fourth-order valence-electron chi connectivity index (χ4n) is 1.56. The van der Waals surface area contributed by atoms with E-state index in [9.17, 15) is 4.79 Å². The molecule has 0 bridgehead atoms. The molecule has 0 fully saturated rings. The number of carbonyl (C=O) groups excluding carboxylic acids is 1. The van der Waals surface area contributed by atoms with Crippen molar-refractivity contribution in [2.75, 3.05) is 12.8 Å². The molecule has 3 heteroatoms. The van der Waals surface area contributed by atoms with Gasteiger partial charge in [0, 0.05) is 6.16 Å². The minimum atomic E-state index is -0.273. The van der Waals surface area contributed by atoms with Gasteiger partial charge in [0.25, 0.3) is 0 Å².